The number of carbonyl (C=O) groups excluding carboxylic acids is 2. The van der Waals surface area contributed by atoms with Gasteiger partial charge >= 0.3 is 0 Å². The predicted octanol–water partition coefficient (Wildman–Crippen LogP) is 1.84. The number of amides is 2. The van der Waals surface area contributed by atoms with Crippen molar-refractivity contribution in [1.29, 1.82) is 0 Å². The molecule has 0 aliphatic heterocycles. The lowest BCUT2D eigenvalue weighted by Crippen LogP contribution is -2.33. The Hall–Kier alpha value is -2.85. The van der Waals surface area contributed by atoms with E-state index in [1.165, 1.54) is 31.2 Å². The van der Waals surface area contributed by atoms with Gasteiger partial charge in [0.15, 0.2) is 0 Å². The molecule has 0 bridgehead atoms. The van der Waals surface area contributed by atoms with Gasteiger partial charge in [-0.2, -0.15) is 0 Å². The first-order valence-electron chi connectivity index (χ1n) is 7.30. The van der Waals surface area contributed by atoms with Crippen LogP contribution in [0.5, 0.6) is 0 Å². The molecule has 2 rings (SSSR count). The summed E-state index contributed by atoms with van der Waals surface area (Å²) in [5.74, 6) is -3.20. The van der Waals surface area contributed by atoms with Crippen LogP contribution in [0.3, 0.4) is 0 Å². The van der Waals surface area contributed by atoms with E-state index in [2.05, 4.69) is 5.32 Å². The van der Waals surface area contributed by atoms with E-state index >= 15 is 0 Å². The lowest BCUT2D eigenvalue weighted by atomic mass is 10.3. The van der Waals surface area contributed by atoms with Gasteiger partial charge in [-0.25, -0.2) is 21.9 Å². The second-order valence-corrected chi connectivity index (χ2v) is 6.94. The summed E-state index contributed by atoms with van der Waals surface area (Å²) in [5, 5.41) is 4.45. The van der Waals surface area contributed by atoms with E-state index in [0.717, 1.165) is 18.2 Å². The minimum absolute atomic E-state index is 0.142. The minimum atomic E-state index is -4.02. The molecule has 2 amide bonds. The SMILES string of the molecule is CC(=O)Nc1ccc(S(=O)(=O)NCC(=O)Nc2c(F)cccc2F)cc1. The summed E-state index contributed by atoms with van der Waals surface area (Å²) in [6, 6.07) is 8.28. The van der Waals surface area contributed by atoms with Gasteiger partial charge in [0, 0.05) is 12.6 Å². The van der Waals surface area contributed by atoms with Crippen molar-refractivity contribution in [3.05, 3.63) is 54.1 Å². The molecule has 0 unspecified atom stereocenters. The number of hydrogen-bond donors (Lipinski definition) is 3. The van der Waals surface area contributed by atoms with E-state index in [9.17, 15) is 26.8 Å². The smallest absolute Gasteiger partial charge is 0.241 e. The van der Waals surface area contributed by atoms with Crippen molar-refractivity contribution in [1.82, 2.24) is 4.72 Å². The number of rotatable bonds is 6. The fourth-order valence-electron chi connectivity index (χ4n) is 1.97. The molecule has 7 nitrogen and oxygen atoms in total. The van der Waals surface area contributed by atoms with E-state index in [1.807, 2.05) is 10.0 Å². The molecule has 0 heterocycles. The summed E-state index contributed by atoms with van der Waals surface area (Å²) in [6.07, 6.45) is 0. The molecule has 2 aromatic carbocycles. The number of hydrogen-bond acceptors (Lipinski definition) is 4. The molecule has 0 saturated carbocycles. The fourth-order valence-corrected chi connectivity index (χ4v) is 2.95. The minimum Gasteiger partial charge on any atom is -0.326 e. The highest BCUT2D eigenvalue weighted by atomic mass is 32.2. The van der Waals surface area contributed by atoms with Gasteiger partial charge in [0.1, 0.15) is 17.3 Å². The summed E-state index contributed by atoms with van der Waals surface area (Å²) in [7, 11) is -4.02. The van der Waals surface area contributed by atoms with Crippen LogP contribution in [0.2, 0.25) is 0 Å². The van der Waals surface area contributed by atoms with Crippen LogP contribution in [0.15, 0.2) is 47.4 Å². The topological polar surface area (TPSA) is 104 Å². The zero-order chi connectivity index (χ0) is 19.3. The summed E-state index contributed by atoms with van der Waals surface area (Å²) in [6.45, 7) is 0.590. The molecular formula is C16H15F2N3O4S. The average molecular weight is 383 g/mol. The Morgan fingerprint density at radius 3 is 2.08 bits per heavy atom. The maximum absolute atomic E-state index is 13.5. The van der Waals surface area contributed by atoms with Gasteiger partial charge < -0.3 is 10.6 Å². The summed E-state index contributed by atoms with van der Waals surface area (Å²) < 4.78 is 53.2. The Morgan fingerprint density at radius 2 is 1.54 bits per heavy atom. The molecule has 0 aliphatic rings. The standard InChI is InChI=1S/C16H15F2N3O4S/c1-10(22)20-11-5-7-12(8-6-11)26(24,25)19-9-15(23)21-16-13(17)3-2-4-14(16)18/h2-8,19H,9H2,1H3,(H,20,22)(H,21,23). The Labute approximate surface area is 148 Å². The van der Waals surface area contributed by atoms with Gasteiger partial charge in [-0.3, -0.25) is 9.59 Å². The average Bonchev–Trinajstić information content (AvgIpc) is 2.56. The van der Waals surface area contributed by atoms with Crippen LogP contribution in [-0.4, -0.2) is 26.8 Å². The van der Waals surface area contributed by atoms with Crippen molar-refractivity contribution < 1.29 is 26.8 Å². The second-order valence-electron chi connectivity index (χ2n) is 5.17. The number of benzene rings is 2. The third kappa shape index (κ3) is 5.07. The van der Waals surface area contributed by atoms with Crippen LogP contribution < -0.4 is 15.4 Å². The van der Waals surface area contributed by atoms with Crippen LogP contribution in [0.1, 0.15) is 6.92 Å². The largest absolute Gasteiger partial charge is 0.326 e. The quantitative estimate of drug-likeness (QED) is 0.708. The molecule has 0 radical (unpaired) electrons. The van der Waals surface area contributed by atoms with Crippen molar-refractivity contribution in [3.63, 3.8) is 0 Å². The third-order valence-corrected chi connectivity index (χ3v) is 4.55. The maximum atomic E-state index is 13.5. The Kier molecular flexibility index (Phi) is 6.01. The van der Waals surface area contributed by atoms with Crippen molar-refractivity contribution in [2.45, 2.75) is 11.8 Å². The Morgan fingerprint density at radius 1 is 0.962 bits per heavy atom. The van der Waals surface area contributed by atoms with Crippen LogP contribution in [0, 0.1) is 11.6 Å². The number of nitrogens with one attached hydrogen (secondary N) is 3. The summed E-state index contributed by atoms with van der Waals surface area (Å²) in [4.78, 5) is 22.5. The van der Waals surface area contributed by atoms with E-state index in [1.54, 1.807) is 0 Å². The zero-order valence-corrected chi connectivity index (χ0v) is 14.4. The molecule has 0 saturated heterocycles. The molecule has 0 spiro atoms. The highest BCUT2D eigenvalue weighted by Crippen LogP contribution is 2.18. The van der Waals surface area contributed by atoms with Gasteiger partial charge in [0.05, 0.1) is 11.4 Å². The van der Waals surface area contributed by atoms with Gasteiger partial charge in [-0.05, 0) is 36.4 Å². The maximum Gasteiger partial charge on any atom is 0.241 e. The molecule has 0 aromatic heterocycles. The Balaban J connectivity index is 2.01. The summed E-state index contributed by atoms with van der Waals surface area (Å²) >= 11 is 0. The van der Waals surface area contributed by atoms with Gasteiger partial charge in [-0.15, -0.1) is 0 Å². The number of carbonyl (C=O) groups is 2. The molecule has 3 N–H and O–H groups in total. The second kappa shape index (κ2) is 8.02. The number of anilines is 2. The predicted molar refractivity (Wildman–Crippen MR) is 90.9 cm³/mol. The van der Waals surface area contributed by atoms with Crippen molar-refractivity contribution in [2.75, 3.05) is 17.2 Å². The lowest BCUT2D eigenvalue weighted by Gasteiger charge is -2.10. The molecule has 0 atom stereocenters. The Bertz CT molecular complexity index is 911. The van der Waals surface area contributed by atoms with Crippen molar-refractivity contribution in [2.24, 2.45) is 0 Å². The van der Waals surface area contributed by atoms with Crippen LogP contribution in [0.4, 0.5) is 20.2 Å². The fraction of sp³-hybridized carbons (Fsp3) is 0.125. The van der Waals surface area contributed by atoms with Gasteiger partial charge in [-0.1, -0.05) is 6.07 Å². The lowest BCUT2D eigenvalue weighted by molar-refractivity contribution is -0.115. The van der Waals surface area contributed by atoms with Gasteiger partial charge in [0.25, 0.3) is 0 Å². The van der Waals surface area contributed by atoms with Gasteiger partial charge in [0.2, 0.25) is 21.8 Å². The summed E-state index contributed by atoms with van der Waals surface area (Å²) in [5.41, 5.74) is -0.249. The molecule has 0 fully saturated rings. The first-order valence-corrected chi connectivity index (χ1v) is 8.78. The van der Waals surface area contributed by atoms with E-state index in [4.69, 9.17) is 0 Å². The first kappa shape index (κ1) is 19.5. The molecule has 10 heteroatoms. The van der Waals surface area contributed by atoms with E-state index < -0.39 is 39.8 Å². The molecule has 0 aliphatic carbocycles. The zero-order valence-electron chi connectivity index (χ0n) is 13.5. The molecule has 26 heavy (non-hydrogen) atoms. The van der Waals surface area contributed by atoms with E-state index in [-0.39, 0.29) is 10.8 Å². The third-order valence-electron chi connectivity index (χ3n) is 3.13. The van der Waals surface area contributed by atoms with Crippen molar-refractivity contribution >= 4 is 33.2 Å². The molecule has 138 valence electrons. The highest BCUT2D eigenvalue weighted by Gasteiger charge is 2.17. The number of para-hydroxylation sites is 1. The molecular weight excluding hydrogens is 368 g/mol. The van der Waals surface area contributed by atoms with Crippen LogP contribution in [0.25, 0.3) is 0 Å². The van der Waals surface area contributed by atoms with E-state index in [0.29, 0.717) is 5.69 Å². The normalized spacial score (nSPS) is 11.0. The van der Waals surface area contributed by atoms with Crippen LogP contribution >= 0.6 is 0 Å². The number of sulfonamides is 1. The van der Waals surface area contributed by atoms with Crippen LogP contribution in [-0.2, 0) is 19.6 Å². The molecule has 2 aromatic rings. The first-order chi connectivity index (χ1) is 12.2. The number of halogens is 2. The monoisotopic (exact) mass is 383 g/mol. The highest BCUT2D eigenvalue weighted by molar-refractivity contribution is 7.89. The van der Waals surface area contributed by atoms with Crippen molar-refractivity contribution in [3.8, 4) is 0 Å².